The molecule has 0 radical (unpaired) electrons. The third-order valence-corrected chi connectivity index (χ3v) is 3.35. The van der Waals surface area contributed by atoms with Gasteiger partial charge < -0.3 is 4.57 Å². The van der Waals surface area contributed by atoms with Gasteiger partial charge in [-0.1, -0.05) is 6.92 Å². The quantitative estimate of drug-likeness (QED) is 0.763. The molecule has 0 saturated carbocycles. The lowest BCUT2D eigenvalue weighted by molar-refractivity contribution is 0.667. The monoisotopic (exact) mass is 300 g/mol. The highest BCUT2D eigenvalue weighted by molar-refractivity contribution is 9.10. The summed E-state index contributed by atoms with van der Waals surface area (Å²) >= 11 is 3.32. The van der Waals surface area contributed by atoms with Crippen molar-refractivity contribution < 1.29 is 0 Å². The van der Waals surface area contributed by atoms with Gasteiger partial charge in [-0.05, 0) is 22.4 Å². The molecule has 2 aromatic heterocycles. The van der Waals surface area contributed by atoms with Crippen molar-refractivity contribution in [2.24, 2.45) is 14.1 Å². The predicted octanol–water partition coefficient (Wildman–Crippen LogP) is 0.606. The van der Waals surface area contributed by atoms with Crippen LogP contribution in [0, 0.1) is 0 Å². The van der Waals surface area contributed by atoms with Gasteiger partial charge in [0.25, 0.3) is 5.56 Å². The van der Waals surface area contributed by atoms with Crippen molar-refractivity contribution in [2.45, 2.75) is 19.9 Å². The molecule has 0 aliphatic carbocycles. The number of fused-ring (bicyclic) bond motifs is 1. The zero-order chi connectivity index (χ0) is 12.7. The Morgan fingerprint density at radius 1 is 1.24 bits per heavy atom. The third kappa shape index (κ3) is 1.65. The average molecular weight is 301 g/mol. The normalized spacial score (nSPS) is 11.3. The first kappa shape index (κ1) is 12.1. The van der Waals surface area contributed by atoms with Gasteiger partial charge in [0.1, 0.15) is 0 Å². The molecule has 2 aromatic rings. The zero-order valence-electron chi connectivity index (χ0n) is 9.90. The molecule has 0 aliphatic rings. The molecule has 0 atom stereocenters. The Kier molecular flexibility index (Phi) is 2.94. The molecule has 0 aliphatic heterocycles. The van der Waals surface area contributed by atoms with E-state index in [4.69, 9.17) is 0 Å². The number of rotatable bonds is 2. The summed E-state index contributed by atoms with van der Waals surface area (Å²) in [6.45, 7) is 2.70. The number of hydrogen-bond acceptors (Lipinski definition) is 3. The molecule has 0 saturated heterocycles. The number of nitrogens with zero attached hydrogens (tertiary/aromatic N) is 4. The van der Waals surface area contributed by atoms with Crippen LogP contribution in [0.3, 0.4) is 0 Å². The van der Waals surface area contributed by atoms with E-state index in [1.54, 1.807) is 11.6 Å². The summed E-state index contributed by atoms with van der Waals surface area (Å²) in [5.41, 5.74) is 0.202. The van der Waals surface area contributed by atoms with Crippen LogP contribution in [-0.2, 0) is 20.6 Å². The fourth-order valence-corrected chi connectivity index (χ4v) is 2.37. The van der Waals surface area contributed by atoms with Gasteiger partial charge in [0.05, 0.1) is 0 Å². The molecule has 0 spiro atoms. The van der Waals surface area contributed by atoms with Crippen LogP contribution in [0.25, 0.3) is 11.2 Å². The van der Waals surface area contributed by atoms with Crippen LogP contribution in [-0.4, -0.2) is 18.7 Å². The maximum atomic E-state index is 12.1. The fourth-order valence-electron chi connectivity index (χ4n) is 1.85. The minimum Gasteiger partial charge on any atom is -0.313 e. The van der Waals surface area contributed by atoms with Crippen LogP contribution in [0.1, 0.15) is 13.3 Å². The molecule has 2 rings (SSSR count). The molecule has 0 bridgehead atoms. The van der Waals surface area contributed by atoms with Crippen molar-refractivity contribution in [2.75, 3.05) is 0 Å². The highest BCUT2D eigenvalue weighted by atomic mass is 79.9. The molecule has 0 amide bonds. The largest absolute Gasteiger partial charge is 0.332 e. The lowest BCUT2D eigenvalue weighted by atomic mass is 10.4. The van der Waals surface area contributed by atoms with E-state index in [9.17, 15) is 9.59 Å². The summed E-state index contributed by atoms with van der Waals surface area (Å²) in [6.07, 6.45) is 0.885. The molecule has 7 heteroatoms. The molecular formula is C10H13BrN4O2. The van der Waals surface area contributed by atoms with E-state index in [0.717, 1.165) is 11.0 Å². The lowest BCUT2D eigenvalue weighted by Crippen LogP contribution is -2.37. The summed E-state index contributed by atoms with van der Waals surface area (Å²) in [7, 11) is 3.08. The summed E-state index contributed by atoms with van der Waals surface area (Å²) in [5, 5.41) is 0. The highest BCUT2D eigenvalue weighted by Crippen LogP contribution is 2.16. The number of aryl methyl sites for hydroxylation is 2. The van der Waals surface area contributed by atoms with Gasteiger partial charge in [-0.2, -0.15) is 0 Å². The van der Waals surface area contributed by atoms with E-state index in [0.29, 0.717) is 22.4 Å². The molecule has 2 heterocycles. The Morgan fingerprint density at radius 3 is 2.47 bits per heavy atom. The minimum atomic E-state index is -0.365. The van der Waals surface area contributed by atoms with E-state index in [-0.39, 0.29) is 11.2 Å². The first-order chi connectivity index (χ1) is 7.99. The van der Waals surface area contributed by atoms with Gasteiger partial charge in [0.2, 0.25) is 0 Å². The predicted molar refractivity (Wildman–Crippen MR) is 68.2 cm³/mol. The first-order valence-corrected chi connectivity index (χ1v) is 6.10. The Morgan fingerprint density at radius 2 is 1.88 bits per heavy atom. The van der Waals surface area contributed by atoms with Gasteiger partial charge in [-0.15, -0.1) is 0 Å². The topological polar surface area (TPSA) is 61.8 Å². The van der Waals surface area contributed by atoms with Crippen molar-refractivity contribution in [3.05, 3.63) is 25.6 Å². The Hall–Kier alpha value is -1.37. The molecule has 92 valence electrons. The number of imidazole rings is 1. The molecule has 0 fully saturated rings. The maximum Gasteiger partial charge on any atom is 0.332 e. The minimum absolute atomic E-state index is 0.310. The molecule has 17 heavy (non-hydrogen) atoms. The number of aromatic nitrogens is 4. The third-order valence-electron chi connectivity index (χ3n) is 2.75. The number of hydrogen-bond donors (Lipinski definition) is 0. The van der Waals surface area contributed by atoms with Crippen LogP contribution < -0.4 is 11.2 Å². The van der Waals surface area contributed by atoms with E-state index in [1.807, 2.05) is 6.92 Å². The van der Waals surface area contributed by atoms with Crippen molar-refractivity contribution in [3.8, 4) is 0 Å². The zero-order valence-corrected chi connectivity index (χ0v) is 11.5. The summed E-state index contributed by atoms with van der Waals surface area (Å²) < 4.78 is 4.85. The molecule has 0 N–H and O–H groups in total. The van der Waals surface area contributed by atoms with Crippen LogP contribution in [0.2, 0.25) is 0 Å². The molecular weight excluding hydrogens is 288 g/mol. The number of halogens is 1. The Bertz CT molecular complexity index is 695. The van der Waals surface area contributed by atoms with Gasteiger partial charge in [0.15, 0.2) is 15.9 Å². The SMILES string of the molecule is CCCn1c(Br)nc2c1c(=O)n(C)c(=O)n2C. The fraction of sp³-hybridized carbons (Fsp3) is 0.500. The van der Waals surface area contributed by atoms with Crippen molar-refractivity contribution in [3.63, 3.8) is 0 Å². The smallest absolute Gasteiger partial charge is 0.313 e. The average Bonchev–Trinajstić information content (AvgIpc) is 2.62. The van der Waals surface area contributed by atoms with Gasteiger partial charge in [0, 0.05) is 20.6 Å². The second kappa shape index (κ2) is 4.14. The van der Waals surface area contributed by atoms with Crippen LogP contribution in [0.15, 0.2) is 14.3 Å². The first-order valence-electron chi connectivity index (χ1n) is 5.30. The second-order valence-corrected chi connectivity index (χ2v) is 4.62. The second-order valence-electron chi connectivity index (χ2n) is 3.91. The standard InChI is InChI=1S/C10H13BrN4O2/c1-4-5-15-6-7(12-9(15)11)13(2)10(17)14(3)8(6)16/h4-5H2,1-3H3. The summed E-state index contributed by atoms with van der Waals surface area (Å²) in [5.74, 6) is 0. The lowest BCUT2D eigenvalue weighted by Gasteiger charge is -2.05. The Balaban J connectivity index is 3.02. The highest BCUT2D eigenvalue weighted by Gasteiger charge is 2.16. The van der Waals surface area contributed by atoms with Crippen LogP contribution in [0.4, 0.5) is 0 Å². The van der Waals surface area contributed by atoms with E-state index in [1.165, 1.54) is 11.6 Å². The van der Waals surface area contributed by atoms with Crippen molar-refractivity contribution in [1.29, 1.82) is 0 Å². The van der Waals surface area contributed by atoms with Crippen LogP contribution >= 0.6 is 15.9 Å². The van der Waals surface area contributed by atoms with Gasteiger partial charge in [-0.3, -0.25) is 13.9 Å². The maximum absolute atomic E-state index is 12.1. The molecule has 0 unspecified atom stereocenters. The Labute approximate surface area is 106 Å². The van der Waals surface area contributed by atoms with Gasteiger partial charge in [-0.25, -0.2) is 9.78 Å². The van der Waals surface area contributed by atoms with Crippen molar-refractivity contribution >= 4 is 27.1 Å². The van der Waals surface area contributed by atoms with E-state index < -0.39 is 0 Å². The summed E-state index contributed by atoms with van der Waals surface area (Å²) in [4.78, 5) is 28.0. The van der Waals surface area contributed by atoms with Crippen molar-refractivity contribution in [1.82, 2.24) is 18.7 Å². The molecule has 6 nitrogen and oxygen atoms in total. The van der Waals surface area contributed by atoms with E-state index in [2.05, 4.69) is 20.9 Å². The molecule has 0 aromatic carbocycles. The summed E-state index contributed by atoms with van der Waals surface area (Å²) in [6, 6.07) is 0. The van der Waals surface area contributed by atoms with Crippen LogP contribution in [0.5, 0.6) is 0 Å². The van der Waals surface area contributed by atoms with Gasteiger partial charge >= 0.3 is 5.69 Å². The van der Waals surface area contributed by atoms with E-state index >= 15 is 0 Å².